The molecule has 3 rings (SSSR count). The number of methoxy groups -OCH3 is 1. The Balaban J connectivity index is 1.56. The van der Waals surface area contributed by atoms with Gasteiger partial charge in [0, 0.05) is 5.56 Å². The van der Waals surface area contributed by atoms with Crippen molar-refractivity contribution in [3.63, 3.8) is 0 Å². The maximum absolute atomic E-state index is 12.2. The Kier molecular flexibility index (Phi) is 6.58. The molecule has 1 amide bonds. The topological polar surface area (TPSA) is 83.7 Å². The number of rotatable bonds is 7. The fourth-order valence-corrected chi connectivity index (χ4v) is 2.62. The second kappa shape index (κ2) is 9.72. The number of nitrogens with zero attached hydrogens (tertiary/aromatic N) is 2. The highest BCUT2D eigenvalue weighted by Gasteiger charge is 2.10. The van der Waals surface area contributed by atoms with Gasteiger partial charge in [-0.2, -0.15) is 10.4 Å². The average Bonchev–Trinajstić information content (AvgIpc) is 2.78. The third-order valence-electron chi connectivity index (χ3n) is 4.14. The Hall–Kier alpha value is -4.11. The second-order valence-electron chi connectivity index (χ2n) is 6.03. The highest BCUT2D eigenvalue weighted by Crippen LogP contribution is 2.17. The monoisotopic (exact) mass is 385 g/mol. The molecule has 6 nitrogen and oxygen atoms in total. The number of carbonyl (C=O) groups excluding carboxylic acids is 1. The lowest BCUT2D eigenvalue weighted by molar-refractivity contribution is 0.0952. The average molecular weight is 385 g/mol. The molecule has 0 aromatic heterocycles. The molecular formula is C23H19N3O3. The van der Waals surface area contributed by atoms with Crippen molar-refractivity contribution in [2.75, 3.05) is 7.11 Å². The van der Waals surface area contributed by atoms with E-state index < -0.39 is 0 Å². The van der Waals surface area contributed by atoms with Gasteiger partial charge in [-0.25, -0.2) is 5.43 Å². The molecule has 3 aromatic rings. The van der Waals surface area contributed by atoms with E-state index in [0.717, 1.165) is 11.1 Å². The van der Waals surface area contributed by atoms with E-state index in [0.29, 0.717) is 29.2 Å². The summed E-state index contributed by atoms with van der Waals surface area (Å²) in [5.41, 5.74) is 5.13. The van der Waals surface area contributed by atoms with Crippen LogP contribution in [0.3, 0.4) is 0 Å². The third kappa shape index (κ3) is 5.21. The van der Waals surface area contributed by atoms with E-state index in [4.69, 9.17) is 14.7 Å². The van der Waals surface area contributed by atoms with Crippen LogP contribution in [0.1, 0.15) is 27.0 Å². The number of hydrogen-bond acceptors (Lipinski definition) is 5. The lowest BCUT2D eigenvalue weighted by Crippen LogP contribution is -2.18. The molecule has 6 heteroatoms. The summed E-state index contributed by atoms with van der Waals surface area (Å²) < 4.78 is 10.9. The first-order valence-electron chi connectivity index (χ1n) is 8.88. The molecule has 0 radical (unpaired) electrons. The van der Waals surface area contributed by atoms with E-state index in [9.17, 15) is 4.79 Å². The molecule has 0 aliphatic rings. The molecule has 0 aliphatic carbocycles. The number of nitriles is 1. The second-order valence-corrected chi connectivity index (χ2v) is 6.03. The summed E-state index contributed by atoms with van der Waals surface area (Å²) in [5.74, 6) is 0.808. The number of benzene rings is 3. The first-order chi connectivity index (χ1) is 14.2. The lowest BCUT2D eigenvalue weighted by Gasteiger charge is -2.08. The largest absolute Gasteiger partial charge is 0.496 e. The highest BCUT2D eigenvalue weighted by atomic mass is 16.5. The van der Waals surface area contributed by atoms with Crippen molar-refractivity contribution in [2.24, 2.45) is 5.10 Å². The van der Waals surface area contributed by atoms with Crippen molar-refractivity contribution in [1.29, 1.82) is 5.26 Å². The molecule has 0 bridgehead atoms. The molecular weight excluding hydrogens is 366 g/mol. The van der Waals surface area contributed by atoms with Gasteiger partial charge in [-0.05, 0) is 48.0 Å². The van der Waals surface area contributed by atoms with E-state index in [-0.39, 0.29) is 5.91 Å². The Morgan fingerprint density at radius 3 is 2.55 bits per heavy atom. The standard InChI is InChI=1S/C23H19N3O3/c1-28-22-9-5-4-8-21(22)23(27)26-25-15-17-10-12-20(13-11-17)29-16-19-7-3-2-6-18(19)14-24/h2-13,15H,16H2,1H3,(H,26,27)/b25-15-. The van der Waals surface area contributed by atoms with Crippen LogP contribution in [0.25, 0.3) is 0 Å². The summed E-state index contributed by atoms with van der Waals surface area (Å²) in [6, 6.07) is 23.7. The van der Waals surface area contributed by atoms with Gasteiger partial charge in [0.25, 0.3) is 5.91 Å². The van der Waals surface area contributed by atoms with Gasteiger partial charge >= 0.3 is 0 Å². The molecule has 0 heterocycles. The number of ether oxygens (including phenoxy) is 2. The maximum atomic E-state index is 12.2. The molecule has 0 saturated carbocycles. The molecule has 144 valence electrons. The summed E-state index contributed by atoms with van der Waals surface area (Å²) >= 11 is 0. The highest BCUT2D eigenvalue weighted by molar-refractivity contribution is 5.97. The summed E-state index contributed by atoms with van der Waals surface area (Å²) in [6.07, 6.45) is 1.54. The first kappa shape index (κ1) is 19.6. The van der Waals surface area contributed by atoms with Crippen molar-refractivity contribution in [1.82, 2.24) is 5.43 Å². The Morgan fingerprint density at radius 2 is 1.79 bits per heavy atom. The summed E-state index contributed by atoms with van der Waals surface area (Å²) in [5, 5.41) is 13.1. The van der Waals surface area contributed by atoms with E-state index in [1.165, 1.54) is 7.11 Å². The van der Waals surface area contributed by atoms with Gasteiger partial charge in [-0.3, -0.25) is 4.79 Å². The molecule has 1 N–H and O–H groups in total. The van der Waals surface area contributed by atoms with Crippen LogP contribution in [0.15, 0.2) is 77.9 Å². The molecule has 0 aliphatic heterocycles. The Labute approximate surface area is 169 Å². The molecule has 0 atom stereocenters. The van der Waals surface area contributed by atoms with Gasteiger partial charge in [-0.15, -0.1) is 0 Å². The van der Waals surface area contributed by atoms with Crippen LogP contribution in [0.5, 0.6) is 11.5 Å². The number of hydrogen-bond donors (Lipinski definition) is 1. The van der Waals surface area contributed by atoms with Crippen LogP contribution < -0.4 is 14.9 Å². The predicted octanol–water partition coefficient (Wildman–Crippen LogP) is 3.91. The number of amides is 1. The van der Waals surface area contributed by atoms with E-state index >= 15 is 0 Å². The minimum absolute atomic E-state index is 0.312. The van der Waals surface area contributed by atoms with Crippen molar-refractivity contribution in [2.45, 2.75) is 6.61 Å². The zero-order chi connectivity index (χ0) is 20.5. The maximum Gasteiger partial charge on any atom is 0.275 e. The van der Waals surface area contributed by atoms with Crippen molar-refractivity contribution in [3.8, 4) is 17.6 Å². The fourth-order valence-electron chi connectivity index (χ4n) is 2.62. The van der Waals surface area contributed by atoms with Gasteiger partial charge in [-0.1, -0.05) is 30.3 Å². The van der Waals surface area contributed by atoms with Crippen LogP contribution in [0.4, 0.5) is 0 Å². The minimum Gasteiger partial charge on any atom is -0.496 e. The quantitative estimate of drug-likeness (QED) is 0.494. The zero-order valence-electron chi connectivity index (χ0n) is 15.8. The van der Waals surface area contributed by atoms with Crippen LogP contribution in [0, 0.1) is 11.3 Å². The minimum atomic E-state index is -0.352. The Bertz CT molecular complexity index is 1050. The van der Waals surface area contributed by atoms with E-state index in [2.05, 4.69) is 16.6 Å². The van der Waals surface area contributed by atoms with Gasteiger partial charge in [0.15, 0.2) is 0 Å². The molecule has 3 aromatic carbocycles. The summed E-state index contributed by atoms with van der Waals surface area (Å²) in [4.78, 5) is 12.2. The van der Waals surface area contributed by atoms with Gasteiger partial charge in [0.05, 0.1) is 30.5 Å². The Morgan fingerprint density at radius 1 is 1.07 bits per heavy atom. The summed E-state index contributed by atoms with van der Waals surface area (Å²) in [6.45, 7) is 0.312. The number of carbonyl (C=O) groups is 1. The van der Waals surface area contributed by atoms with Gasteiger partial charge in [0.1, 0.15) is 18.1 Å². The zero-order valence-corrected chi connectivity index (χ0v) is 15.8. The smallest absolute Gasteiger partial charge is 0.275 e. The molecule has 0 fully saturated rings. The molecule has 29 heavy (non-hydrogen) atoms. The van der Waals surface area contributed by atoms with Crippen molar-refractivity contribution in [3.05, 3.63) is 95.1 Å². The van der Waals surface area contributed by atoms with Crippen molar-refractivity contribution < 1.29 is 14.3 Å². The SMILES string of the molecule is COc1ccccc1C(=O)N/N=C\c1ccc(OCc2ccccc2C#N)cc1. The van der Waals surface area contributed by atoms with Crippen LogP contribution >= 0.6 is 0 Å². The first-order valence-corrected chi connectivity index (χ1v) is 8.88. The van der Waals surface area contributed by atoms with Crippen LogP contribution in [0.2, 0.25) is 0 Å². The van der Waals surface area contributed by atoms with E-state index in [1.807, 2.05) is 30.3 Å². The van der Waals surface area contributed by atoms with Crippen LogP contribution in [-0.2, 0) is 6.61 Å². The van der Waals surface area contributed by atoms with Crippen LogP contribution in [-0.4, -0.2) is 19.2 Å². The van der Waals surface area contributed by atoms with Gasteiger partial charge in [0.2, 0.25) is 0 Å². The number of nitrogens with one attached hydrogen (secondary N) is 1. The van der Waals surface area contributed by atoms with Gasteiger partial charge < -0.3 is 9.47 Å². The lowest BCUT2D eigenvalue weighted by atomic mass is 10.1. The summed E-state index contributed by atoms with van der Waals surface area (Å²) in [7, 11) is 1.51. The predicted molar refractivity (Wildman–Crippen MR) is 110 cm³/mol. The third-order valence-corrected chi connectivity index (χ3v) is 4.14. The van der Waals surface area contributed by atoms with E-state index in [1.54, 1.807) is 48.7 Å². The fraction of sp³-hybridized carbons (Fsp3) is 0.0870. The molecule has 0 saturated heterocycles. The van der Waals surface area contributed by atoms with Crippen molar-refractivity contribution >= 4 is 12.1 Å². The number of para-hydroxylation sites is 1. The molecule has 0 unspecified atom stereocenters. The normalized spacial score (nSPS) is 10.3. The number of hydrazone groups is 1. The molecule has 0 spiro atoms.